The molecule has 0 saturated carbocycles. The molecule has 6 heteroatoms. The van der Waals surface area contributed by atoms with Gasteiger partial charge in [-0.25, -0.2) is 8.42 Å². The van der Waals surface area contributed by atoms with Crippen LogP contribution < -0.4 is 11.1 Å². The first kappa shape index (κ1) is 15.1. The number of sulfone groups is 1. The highest BCUT2D eigenvalue weighted by molar-refractivity contribution is 7.90. The predicted molar refractivity (Wildman–Crippen MR) is 83.1 cm³/mol. The largest absolute Gasteiger partial charge is 0.399 e. The van der Waals surface area contributed by atoms with Crippen LogP contribution in [0.4, 0.5) is 11.4 Å². The molecule has 21 heavy (non-hydrogen) atoms. The van der Waals surface area contributed by atoms with Crippen molar-refractivity contribution in [3.05, 3.63) is 53.6 Å². The van der Waals surface area contributed by atoms with Crippen molar-refractivity contribution in [1.29, 1.82) is 0 Å². The van der Waals surface area contributed by atoms with Crippen LogP contribution in [-0.2, 0) is 9.84 Å². The lowest BCUT2D eigenvalue weighted by Crippen LogP contribution is -2.13. The Balaban J connectivity index is 2.21. The maximum absolute atomic E-state index is 12.1. The highest BCUT2D eigenvalue weighted by Gasteiger charge is 2.11. The Hall–Kier alpha value is -2.34. The molecule has 0 aliphatic rings. The van der Waals surface area contributed by atoms with Gasteiger partial charge in [-0.2, -0.15) is 0 Å². The molecule has 2 aromatic rings. The number of hydrogen-bond acceptors (Lipinski definition) is 4. The van der Waals surface area contributed by atoms with Gasteiger partial charge in [-0.15, -0.1) is 0 Å². The number of nitrogens with one attached hydrogen (secondary N) is 1. The molecule has 0 aliphatic carbocycles. The normalized spacial score (nSPS) is 11.1. The number of rotatable bonds is 3. The number of nitrogens with two attached hydrogens (primary N) is 1. The van der Waals surface area contributed by atoms with Gasteiger partial charge in [0.15, 0.2) is 9.84 Å². The van der Waals surface area contributed by atoms with E-state index < -0.39 is 9.84 Å². The number of amides is 1. The second kappa shape index (κ2) is 5.57. The van der Waals surface area contributed by atoms with Crippen molar-refractivity contribution in [3.63, 3.8) is 0 Å². The van der Waals surface area contributed by atoms with E-state index in [2.05, 4.69) is 5.32 Å². The summed E-state index contributed by atoms with van der Waals surface area (Å²) < 4.78 is 22.7. The molecule has 0 bridgehead atoms. The molecule has 0 fully saturated rings. The Kier molecular flexibility index (Phi) is 3.99. The van der Waals surface area contributed by atoms with Crippen LogP contribution in [0.1, 0.15) is 15.9 Å². The fourth-order valence-electron chi connectivity index (χ4n) is 1.88. The lowest BCUT2D eigenvalue weighted by Gasteiger charge is -2.09. The van der Waals surface area contributed by atoms with Crippen LogP contribution >= 0.6 is 0 Å². The van der Waals surface area contributed by atoms with Crippen molar-refractivity contribution >= 4 is 27.1 Å². The van der Waals surface area contributed by atoms with Gasteiger partial charge in [0.05, 0.1) is 4.90 Å². The van der Waals surface area contributed by atoms with E-state index >= 15 is 0 Å². The van der Waals surface area contributed by atoms with E-state index in [0.29, 0.717) is 16.9 Å². The topological polar surface area (TPSA) is 89.3 Å². The molecular formula is C15H16N2O3S. The van der Waals surface area contributed by atoms with Gasteiger partial charge in [0.2, 0.25) is 0 Å². The number of carbonyl (C=O) groups excluding carboxylic acids is 1. The zero-order valence-corrected chi connectivity index (χ0v) is 12.6. The predicted octanol–water partition coefficient (Wildman–Crippen LogP) is 2.23. The summed E-state index contributed by atoms with van der Waals surface area (Å²) in [6.07, 6.45) is 1.12. The molecule has 0 unspecified atom stereocenters. The lowest BCUT2D eigenvalue weighted by atomic mass is 10.1. The summed E-state index contributed by atoms with van der Waals surface area (Å²) in [4.78, 5) is 12.3. The van der Waals surface area contributed by atoms with Crippen LogP contribution in [-0.4, -0.2) is 20.6 Å². The zero-order valence-electron chi connectivity index (χ0n) is 11.8. The quantitative estimate of drug-likeness (QED) is 0.851. The zero-order chi connectivity index (χ0) is 15.6. The van der Waals surface area contributed by atoms with Gasteiger partial charge in [-0.05, 0) is 55.0 Å². The van der Waals surface area contributed by atoms with E-state index in [1.807, 2.05) is 6.92 Å². The van der Waals surface area contributed by atoms with E-state index in [1.165, 1.54) is 24.3 Å². The van der Waals surface area contributed by atoms with Crippen molar-refractivity contribution in [2.45, 2.75) is 11.8 Å². The average Bonchev–Trinajstić information content (AvgIpc) is 2.41. The molecular weight excluding hydrogens is 288 g/mol. The Bertz CT molecular complexity index is 781. The molecule has 110 valence electrons. The monoisotopic (exact) mass is 304 g/mol. The number of benzene rings is 2. The number of aryl methyl sites for hydroxylation is 1. The highest BCUT2D eigenvalue weighted by atomic mass is 32.2. The Morgan fingerprint density at radius 1 is 1.10 bits per heavy atom. The second-order valence-corrected chi connectivity index (χ2v) is 6.84. The number of hydrogen-bond donors (Lipinski definition) is 2. The van der Waals surface area contributed by atoms with Gasteiger partial charge in [-0.1, -0.05) is 0 Å². The fourth-order valence-corrected chi connectivity index (χ4v) is 2.51. The molecule has 5 nitrogen and oxygen atoms in total. The summed E-state index contributed by atoms with van der Waals surface area (Å²) in [7, 11) is -3.26. The number of nitrogen functional groups attached to an aromatic ring is 1. The first-order valence-corrected chi connectivity index (χ1v) is 8.14. The van der Waals surface area contributed by atoms with Crippen LogP contribution in [0.25, 0.3) is 0 Å². The Labute approximate surface area is 123 Å². The second-order valence-electron chi connectivity index (χ2n) is 4.83. The molecule has 0 aliphatic heterocycles. The smallest absolute Gasteiger partial charge is 0.255 e. The molecule has 2 rings (SSSR count). The first-order valence-electron chi connectivity index (χ1n) is 6.25. The first-order chi connectivity index (χ1) is 9.77. The Morgan fingerprint density at radius 3 is 2.24 bits per heavy atom. The molecule has 0 spiro atoms. The summed E-state index contributed by atoms with van der Waals surface area (Å²) in [5.41, 5.74) is 8.20. The molecule has 2 aromatic carbocycles. The van der Waals surface area contributed by atoms with Gasteiger partial charge in [0, 0.05) is 23.2 Å². The van der Waals surface area contributed by atoms with Crippen molar-refractivity contribution in [3.8, 4) is 0 Å². The molecule has 0 saturated heterocycles. The third-order valence-corrected chi connectivity index (χ3v) is 4.17. The van der Waals surface area contributed by atoms with Gasteiger partial charge in [-0.3, -0.25) is 4.79 Å². The molecule has 0 aromatic heterocycles. The minimum atomic E-state index is -3.26. The van der Waals surface area contributed by atoms with E-state index in [1.54, 1.807) is 18.2 Å². The molecule has 0 heterocycles. The van der Waals surface area contributed by atoms with Gasteiger partial charge < -0.3 is 11.1 Å². The van der Waals surface area contributed by atoms with Gasteiger partial charge >= 0.3 is 0 Å². The Morgan fingerprint density at radius 2 is 1.71 bits per heavy atom. The maximum Gasteiger partial charge on any atom is 0.255 e. The summed E-state index contributed by atoms with van der Waals surface area (Å²) in [5, 5.41) is 2.77. The van der Waals surface area contributed by atoms with Crippen molar-refractivity contribution < 1.29 is 13.2 Å². The van der Waals surface area contributed by atoms with Crippen LogP contribution in [0.5, 0.6) is 0 Å². The van der Waals surface area contributed by atoms with Crippen LogP contribution in [0.3, 0.4) is 0 Å². The van der Waals surface area contributed by atoms with Crippen LogP contribution in [0, 0.1) is 6.92 Å². The molecule has 1 amide bonds. The third kappa shape index (κ3) is 3.61. The molecule has 0 atom stereocenters. The molecule has 3 N–H and O–H groups in total. The SMILES string of the molecule is Cc1cc(N)ccc1NC(=O)c1ccc(S(C)(=O)=O)cc1. The van der Waals surface area contributed by atoms with Crippen molar-refractivity contribution in [2.24, 2.45) is 0 Å². The van der Waals surface area contributed by atoms with Gasteiger partial charge in [0.1, 0.15) is 0 Å². The van der Waals surface area contributed by atoms with Gasteiger partial charge in [0.25, 0.3) is 5.91 Å². The van der Waals surface area contributed by atoms with Crippen molar-refractivity contribution in [1.82, 2.24) is 0 Å². The van der Waals surface area contributed by atoms with E-state index in [9.17, 15) is 13.2 Å². The summed E-state index contributed by atoms with van der Waals surface area (Å²) in [6, 6.07) is 11.0. The van der Waals surface area contributed by atoms with Crippen LogP contribution in [0.15, 0.2) is 47.4 Å². The third-order valence-electron chi connectivity index (χ3n) is 3.04. The summed E-state index contributed by atoms with van der Waals surface area (Å²) in [5.74, 6) is -0.303. The standard InChI is InChI=1S/C15H16N2O3S/c1-10-9-12(16)5-8-14(10)17-15(18)11-3-6-13(7-4-11)21(2,19)20/h3-9H,16H2,1-2H3,(H,17,18). The van der Waals surface area contributed by atoms with E-state index in [4.69, 9.17) is 5.73 Å². The summed E-state index contributed by atoms with van der Waals surface area (Å²) in [6.45, 7) is 1.85. The van der Waals surface area contributed by atoms with E-state index in [-0.39, 0.29) is 10.8 Å². The maximum atomic E-state index is 12.1. The number of carbonyl (C=O) groups is 1. The highest BCUT2D eigenvalue weighted by Crippen LogP contribution is 2.19. The van der Waals surface area contributed by atoms with Crippen molar-refractivity contribution in [2.75, 3.05) is 17.3 Å². The average molecular weight is 304 g/mol. The molecule has 0 radical (unpaired) electrons. The fraction of sp³-hybridized carbons (Fsp3) is 0.133. The van der Waals surface area contributed by atoms with Crippen LogP contribution in [0.2, 0.25) is 0 Å². The minimum absolute atomic E-state index is 0.183. The lowest BCUT2D eigenvalue weighted by molar-refractivity contribution is 0.102. The minimum Gasteiger partial charge on any atom is -0.399 e. The number of anilines is 2. The van der Waals surface area contributed by atoms with E-state index in [0.717, 1.165) is 11.8 Å². The summed E-state index contributed by atoms with van der Waals surface area (Å²) >= 11 is 0.